The molecule has 1 unspecified atom stereocenters. The van der Waals surface area contributed by atoms with E-state index in [0.717, 1.165) is 51.1 Å². The van der Waals surface area contributed by atoms with Crippen molar-refractivity contribution in [1.82, 2.24) is 15.0 Å². The lowest BCUT2D eigenvalue weighted by Gasteiger charge is -2.16. The molecule has 1 atom stereocenters. The van der Waals surface area contributed by atoms with Gasteiger partial charge in [0.25, 0.3) is 0 Å². The van der Waals surface area contributed by atoms with Crippen LogP contribution >= 0.6 is 0 Å². The number of ketones is 1. The zero-order valence-electron chi connectivity index (χ0n) is 11.9. The molecule has 0 aromatic carbocycles. The fourth-order valence-corrected chi connectivity index (χ4v) is 2.55. The van der Waals surface area contributed by atoms with Crippen LogP contribution in [0.1, 0.15) is 57.2 Å². The highest BCUT2D eigenvalue weighted by molar-refractivity contribution is 5.85. The van der Waals surface area contributed by atoms with Crippen molar-refractivity contribution in [3.05, 3.63) is 11.7 Å². The quantitative estimate of drug-likeness (QED) is 0.789. The molecule has 1 aliphatic carbocycles. The average Bonchev–Trinajstić information content (AvgIpc) is 2.89. The predicted octanol–water partition coefficient (Wildman–Crippen LogP) is 2.18. The first-order valence-electron chi connectivity index (χ1n) is 7.32. The van der Waals surface area contributed by atoms with Crippen LogP contribution in [-0.2, 0) is 11.2 Å². The molecule has 19 heavy (non-hydrogen) atoms. The van der Waals surface area contributed by atoms with Gasteiger partial charge >= 0.3 is 0 Å². The third-order valence-corrected chi connectivity index (χ3v) is 3.88. The molecule has 0 bridgehead atoms. The van der Waals surface area contributed by atoms with Gasteiger partial charge in [0.15, 0.2) is 5.82 Å². The topological polar surface area (TPSA) is 59.2 Å². The van der Waals surface area contributed by atoms with Crippen molar-refractivity contribution < 1.29 is 9.32 Å². The van der Waals surface area contributed by atoms with Gasteiger partial charge in [-0.25, -0.2) is 0 Å². The number of likely N-dealkylation sites (N-methyl/N-ethyl adjacent to an activating group) is 1. The van der Waals surface area contributed by atoms with E-state index in [1.165, 1.54) is 0 Å². The number of hydrogen-bond acceptors (Lipinski definition) is 5. The number of carbonyl (C=O) groups is 1. The number of rotatable bonds is 6. The largest absolute Gasteiger partial charge is 0.339 e. The van der Waals surface area contributed by atoms with Gasteiger partial charge in [0.05, 0.1) is 5.92 Å². The average molecular weight is 265 g/mol. The first-order chi connectivity index (χ1) is 9.24. The van der Waals surface area contributed by atoms with E-state index < -0.39 is 0 Å². The lowest BCUT2D eigenvalue weighted by Crippen LogP contribution is -2.25. The van der Waals surface area contributed by atoms with E-state index in [4.69, 9.17) is 4.52 Å². The highest BCUT2D eigenvalue weighted by Gasteiger charge is 2.28. The Morgan fingerprint density at radius 2 is 2.11 bits per heavy atom. The minimum Gasteiger partial charge on any atom is -0.339 e. The van der Waals surface area contributed by atoms with Crippen molar-refractivity contribution >= 4 is 5.78 Å². The maximum absolute atomic E-state index is 11.8. The molecule has 1 aliphatic rings. The fraction of sp³-hybridized carbons (Fsp3) is 0.786. The summed E-state index contributed by atoms with van der Waals surface area (Å²) in [5.41, 5.74) is 0. The fourth-order valence-electron chi connectivity index (χ4n) is 2.55. The van der Waals surface area contributed by atoms with Gasteiger partial charge in [-0.1, -0.05) is 25.4 Å². The third-order valence-electron chi connectivity index (χ3n) is 3.88. The van der Waals surface area contributed by atoms with E-state index in [2.05, 4.69) is 28.9 Å². The molecule has 1 aromatic heterocycles. The smallest absolute Gasteiger partial charge is 0.237 e. The second-order valence-electron chi connectivity index (χ2n) is 5.09. The zero-order valence-corrected chi connectivity index (χ0v) is 11.9. The van der Waals surface area contributed by atoms with Crippen LogP contribution in [0, 0.1) is 0 Å². The molecule has 0 saturated heterocycles. The van der Waals surface area contributed by atoms with Crippen LogP contribution < -0.4 is 0 Å². The minimum absolute atomic E-state index is 0.150. The molecule has 1 saturated carbocycles. The van der Waals surface area contributed by atoms with Crippen LogP contribution in [0.15, 0.2) is 4.52 Å². The van der Waals surface area contributed by atoms with E-state index in [9.17, 15) is 4.79 Å². The summed E-state index contributed by atoms with van der Waals surface area (Å²) in [4.78, 5) is 18.5. The van der Waals surface area contributed by atoms with E-state index in [1.54, 1.807) is 0 Å². The van der Waals surface area contributed by atoms with Gasteiger partial charge in [-0.05, 0) is 25.9 Å². The Bertz CT molecular complexity index is 413. The van der Waals surface area contributed by atoms with Crippen molar-refractivity contribution in [1.29, 1.82) is 0 Å². The van der Waals surface area contributed by atoms with E-state index in [0.29, 0.717) is 12.3 Å². The van der Waals surface area contributed by atoms with Crippen LogP contribution in [0.4, 0.5) is 0 Å². The molecular formula is C14H23N3O2. The normalized spacial score (nSPS) is 20.2. The maximum Gasteiger partial charge on any atom is 0.237 e. The number of hydrogen-bond donors (Lipinski definition) is 0. The Hall–Kier alpha value is -1.23. The predicted molar refractivity (Wildman–Crippen MR) is 72.0 cm³/mol. The minimum atomic E-state index is -0.150. The summed E-state index contributed by atoms with van der Waals surface area (Å²) in [6.07, 6.45) is 4.37. The maximum atomic E-state index is 11.8. The first-order valence-corrected chi connectivity index (χ1v) is 7.32. The summed E-state index contributed by atoms with van der Waals surface area (Å²) < 4.78 is 5.27. The number of Topliss-reactive ketones (excluding diaryl/α,β-unsaturated/α-hetero) is 1. The van der Waals surface area contributed by atoms with Gasteiger partial charge in [0, 0.05) is 19.4 Å². The lowest BCUT2D eigenvalue weighted by atomic mass is 9.88. The molecule has 0 aliphatic heterocycles. The zero-order chi connectivity index (χ0) is 13.7. The van der Waals surface area contributed by atoms with Crippen molar-refractivity contribution in [3.8, 4) is 0 Å². The van der Waals surface area contributed by atoms with Crippen molar-refractivity contribution in [2.45, 2.75) is 51.9 Å². The van der Waals surface area contributed by atoms with E-state index in [-0.39, 0.29) is 11.7 Å². The van der Waals surface area contributed by atoms with Crippen LogP contribution in [0.25, 0.3) is 0 Å². The number of aromatic nitrogens is 2. The molecule has 0 N–H and O–H groups in total. The molecular weight excluding hydrogens is 242 g/mol. The SMILES string of the molecule is CCN(CC)CCc1noc(C2CCCCC2=O)n1. The molecule has 106 valence electrons. The second kappa shape index (κ2) is 6.80. The standard InChI is InChI=1S/C14H23N3O2/c1-3-17(4-2)10-9-13-15-14(19-16-13)11-7-5-6-8-12(11)18/h11H,3-10H2,1-2H3. The molecule has 0 amide bonds. The molecule has 0 spiro atoms. The Kier molecular flexibility index (Phi) is 5.07. The van der Waals surface area contributed by atoms with Gasteiger partial charge in [-0.3, -0.25) is 4.79 Å². The second-order valence-corrected chi connectivity index (χ2v) is 5.09. The van der Waals surface area contributed by atoms with Gasteiger partial charge in [-0.15, -0.1) is 0 Å². The monoisotopic (exact) mass is 265 g/mol. The van der Waals surface area contributed by atoms with E-state index >= 15 is 0 Å². The van der Waals surface area contributed by atoms with Crippen LogP contribution in [0.3, 0.4) is 0 Å². The number of carbonyl (C=O) groups excluding carboxylic acids is 1. The lowest BCUT2D eigenvalue weighted by molar-refractivity contribution is -0.122. The van der Waals surface area contributed by atoms with Crippen molar-refractivity contribution in [2.24, 2.45) is 0 Å². The van der Waals surface area contributed by atoms with Crippen molar-refractivity contribution in [2.75, 3.05) is 19.6 Å². The summed E-state index contributed by atoms with van der Waals surface area (Å²) in [5, 5.41) is 4.00. The molecule has 1 aromatic rings. The van der Waals surface area contributed by atoms with Crippen molar-refractivity contribution in [3.63, 3.8) is 0 Å². The Morgan fingerprint density at radius 3 is 2.79 bits per heavy atom. The summed E-state index contributed by atoms with van der Waals surface area (Å²) in [5.74, 6) is 1.35. The van der Waals surface area contributed by atoms with Gasteiger partial charge in [-0.2, -0.15) is 4.98 Å². The third kappa shape index (κ3) is 3.62. The molecule has 5 nitrogen and oxygen atoms in total. The van der Waals surface area contributed by atoms with Crippen LogP contribution in [0.2, 0.25) is 0 Å². The molecule has 1 heterocycles. The number of nitrogens with zero attached hydrogens (tertiary/aromatic N) is 3. The summed E-state index contributed by atoms with van der Waals surface area (Å²) in [6, 6.07) is 0. The summed E-state index contributed by atoms with van der Waals surface area (Å²) in [6.45, 7) is 7.28. The van der Waals surface area contributed by atoms with Gasteiger partial charge < -0.3 is 9.42 Å². The molecule has 2 rings (SSSR count). The Labute approximate surface area is 114 Å². The van der Waals surface area contributed by atoms with Gasteiger partial charge in [0.1, 0.15) is 5.78 Å². The summed E-state index contributed by atoms with van der Waals surface area (Å²) >= 11 is 0. The highest BCUT2D eigenvalue weighted by atomic mass is 16.5. The first kappa shape index (κ1) is 14.2. The van der Waals surface area contributed by atoms with E-state index in [1.807, 2.05) is 0 Å². The molecule has 0 radical (unpaired) electrons. The van der Waals surface area contributed by atoms with Crippen LogP contribution in [0.5, 0.6) is 0 Å². The van der Waals surface area contributed by atoms with Gasteiger partial charge in [0.2, 0.25) is 5.89 Å². The Morgan fingerprint density at radius 1 is 1.32 bits per heavy atom. The molecule has 5 heteroatoms. The van der Waals surface area contributed by atoms with Crippen LogP contribution in [-0.4, -0.2) is 40.5 Å². The highest BCUT2D eigenvalue weighted by Crippen LogP contribution is 2.28. The molecule has 1 fully saturated rings. The Balaban J connectivity index is 1.93. The summed E-state index contributed by atoms with van der Waals surface area (Å²) in [7, 11) is 0.